The van der Waals surface area contributed by atoms with Crippen molar-refractivity contribution in [3.8, 4) is 0 Å². The first-order valence-corrected chi connectivity index (χ1v) is 9.15. The minimum absolute atomic E-state index is 0.00885. The van der Waals surface area contributed by atoms with E-state index in [0.717, 1.165) is 4.88 Å². The van der Waals surface area contributed by atoms with Crippen molar-refractivity contribution in [2.24, 2.45) is 5.11 Å². The van der Waals surface area contributed by atoms with Crippen molar-refractivity contribution in [1.82, 2.24) is 19.8 Å². The van der Waals surface area contributed by atoms with Crippen LogP contribution in [0.4, 0.5) is 4.79 Å². The Hall–Kier alpha value is -2.60. The Labute approximate surface area is 159 Å². The van der Waals surface area contributed by atoms with Crippen molar-refractivity contribution in [3.05, 3.63) is 39.2 Å². The predicted molar refractivity (Wildman–Crippen MR) is 97.2 cm³/mol. The summed E-state index contributed by atoms with van der Waals surface area (Å²) >= 11 is 1.35. The van der Waals surface area contributed by atoms with Crippen molar-refractivity contribution in [3.63, 3.8) is 0 Å². The van der Waals surface area contributed by atoms with Crippen LogP contribution < -0.4 is 0 Å². The molecule has 2 aliphatic rings. The Kier molecular flexibility index (Phi) is 5.66. The van der Waals surface area contributed by atoms with E-state index >= 15 is 0 Å². The molecule has 2 bridgehead atoms. The predicted octanol–water partition coefficient (Wildman–Crippen LogP) is 1.34. The Bertz CT molecular complexity index is 796. The number of rotatable bonds is 8. The molecule has 3 heterocycles. The van der Waals surface area contributed by atoms with Crippen LogP contribution in [0.3, 0.4) is 0 Å². The van der Waals surface area contributed by atoms with Gasteiger partial charge in [-0.2, -0.15) is 5.06 Å². The molecule has 0 saturated carbocycles. The van der Waals surface area contributed by atoms with Crippen LogP contribution in [-0.2, 0) is 9.63 Å². The highest BCUT2D eigenvalue weighted by Gasteiger charge is 2.53. The number of carbonyl (C=O) groups excluding carboxylic acids is 2. The molecule has 11 nitrogen and oxygen atoms in total. The molecule has 3 amide bonds. The van der Waals surface area contributed by atoms with E-state index in [2.05, 4.69) is 21.6 Å². The molecule has 3 rings (SSSR count). The number of urea groups is 1. The number of thiazole rings is 1. The van der Waals surface area contributed by atoms with Gasteiger partial charge in [-0.15, -0.1) is 17.9 Å². The Morgan fingerprint density at radius 1 is 1.74 bits per heavy atom. The summed E-state index contributed by atoms with van der Waals surface area (Å²) in [6, 6.07) is -1.74. The molecule has 142 valence electrons. The van der Waals surface area contributed by atoms with Gasteiger partial charge in [0, 0.05) is 18.0 Å². The van der Waals surface area contributed by atoms with Gasteiger partial charge in [0.15, 0.2) is 6.04 Å². The zero-order valence-electron chi connectivity index (χ0n) is 14.6. The lowest BCUT2D eigenvalue weighted by Gasteiger charge is -2.33. The third kappa shape index (κ3) is 3.37. The van der Waals surface area contributed by atoms with Crippen molar-refractivity contribution < 1.29 is 19.5 Å². The molecule has 0 radical (unpaired) electrons. The standard InChI is InChI=1S/C14H18BN7O4S/c1-3-6-26-22-9-7-20(14(22)24)11(10-12(9)27-8-17-10)13(23)21(15(2)25)5-4-18-19-16/h3,8-9,11,25H,1,4-7H2,2H3/t9?,11-/m0/s1. The fourth-order valence-corrected chi connectivity index (χ4v) is 4.13. The third-order valence-electron chi connectivity index (χ3n) is 4.39. The quantitative estimate of drug-likeness (QED) is 0.235. The molecule has 0 spiro atoms. The number of hydrogen-bond acceptors (Lipinski definition) is 7. The molecule has 1 aromatic rings. The highest BCUT2D eigenvalue weighted by molar-refractivity contribution is 7.09. The summed E-state index contributed by atoms with van der Waals surface area (Å²) in [6.45, 7) is 5.50. The molecule has 13 heteroatoms. The number of hydroxylamine groups is 2. The summed E-state index contributed by atoms with van der Waals surface area (Å²) in [7, 11) is -1.11. The minimum atomic E-state index is -1.11. The maximum Gasteiger partial charge on any atom is 0.411 e. The molecule has 0 aliphatic carbocycles. The molecule has 0 aromatic carbocycles. The lowest BCUT2D eigenvalue weighted by Crippen LogP contribution is -2.51. The van der Waals surface area contributed by atoms with Gasteiger partial charge in [0.05, 0.1) is 29.2 Å². The highest BCUT2D eigenvalue weighted by Crippen LogP contribution is 2.45. The number of fused-ring (bicyclic) bond motifs is 4. The molecule has 1 aromatic heterocycles. The Balaban J connectivity index is 1.92. The molecular formula is C14H18BN7O4S. The van der Waals surface area contributed by atoms with Crippen LogP contribution in [0.25, 0.3) is 10.4 Å². The van der Waals surface area contributed by atoms with Crippen molar-refractivity contribution in [1.29, 1.82) is 0 Å². The summed E-state index contributed by atoms with van der Waals surface area (Å²) in [5.74, 6) is -0.484. The zero-order chi connectivity index (χ0) is 19.6. The van der Waals surface area contributed by atoms with E-state index in [9.17, 15) is 14.6 Å². The summed E-state index contributed by atoms with van der Waals surface area (Å²) in [6.07, 6.45) is 1.53. The van der Waals surface area contributed by atoms with E-state index in [0.29, 0.717) is 5.69 Å². The van der Waals surface area contributed by atoms with Crippen molar-refractivity contribution in [2.45, 2.75) is 18.9 Å². The van der Waals surface area contributed by atoms with E-state index in [1.54, 1.807) is 5.51 Å². The number of nitrogens with zero attached hydrogens (tertiary/aromatic N) is 7. The molecular weight excluding hydrogens is 373 g/mol. The second-order valence-electron chi connectivity index (χ2n) is 5.98. The molecule has 1 N–H and O–H groups in total. The van der Waals surface area contributed by atoms with E-state index < -0.39 is 25.0 Å². The second kappa shape index (κ2) is 7.97. The SMILES string of the molecule is C=CCON1C(=O)N2CC1c1scnc1[C@H]2C(=O)N(CCN=[N+]=[N-])B(C)O. The summed E-state index contributed by atoms with van der Waals surface area (Å²) in [5, 5.41) is 14.7. The van der Waals surface area contributed by atoms with Crippen molar-refractivity contribution >= 4 is 30.3 Å². The average molecular weight is 391 g/mol. The third-order valence-corrected chi connectivity index (χ3v) is 5.33. The number of aromatic nitrogens is 1. The highest BCUT2D eigenvalue weighted by atomic mass is 32.1. The first-order valence-electron chi connectivity index (χ1n) is 8.27. The van der Waals surface area contributed by atoms with Crippen LogP contribution >= 0.6 is 11.3 Å². The average Bonchev–Trinajstić information content (AvgIpc) is 3.22. The minimum Gasteiger partial charge on any atom is -0.432 e. The van der Waals surface area contributed by atoms with Gasteiger partial charge in [-0.1, -0.05) is 11.2 Å². The fourth-order valence-electron chi connectivity index (χ4n) is 3.23. The van der Waals surface area contributed by atoms with E-state index in [-0.39, 0.29) is 32.3 Å². The largest absolute Gasteiger partial charge is 0.432 e. The van der Waals surface area contributed by atoms with Crippen LogP contribution in [-0.4, -0.2) is 70.0 Å². The van der Waals surface area contributed by atoms with E-state index in [4.69, 9.17) is 10.4 Å². The van der Waals surface area contributed by atoms with Gasteiger partial charge in [-0.05, 0) is 12.4 Å². The van der Waals surface area contributed by atoms with Crippen LogP contribution in [0.15, 0.2) is 23.3 Å². The topological polar surface area (TPSA) is 135 Å². The molecule has 2 aliphatic heterocycles. The van der Waals surface area contributed by atoms with Gasteiger partial charge >= 0.3 is 13.1 Å². The molecule has 2 atom stereocenters. The smallest absolute Gasteiger partial charge is 0.411 e. The molecule has 1 fully saturated rings. The fraction of sp³-hybridized carbons (Fsp3) is 0.500. The molecule has 27 heavy (non-hydrogen) atoms. The van der Waals surface area contributed by atoms with E-state index in [1.165, 1.54) is 39.0 Å². The monoisotopic (exact) mass is 391 g/mol. The lowest BCUT2D eigenvalue weighted by molar-refractivity contribution is -0.132. The molecule has 1 saturated heterocycles. The van der Waals surface area contributed by atoms with E-state index in [1.807, 2.05) is 0 Å². The van der Waals surface area contributed by atoms with Gasteiger partial charge in [0.2, 0.25) is 5.91 Å². The number of amides is 3. The van der Waals surface area contributed by atoms with Gasteiger partial charge in [-0.3, -0.25) is 9.63 Å². The number of carbonyl (C=O) groups is 2. The second-order valence-corrected chi connectivity index (χ2v) is 6.87. The van der Waals surface area contributed by atoms with Gasteiger partial charge in [0.25, 0.3) is 0 Å². The molecule has 1 unspecified atom stereocenters. The van der Waals surface area contributed by atoms with Crippen LogP contribution in [0.5, 0.6) is 0 Å². The van der Waals surface area contributed by atoms with Crippen LogP contribution in [0, 0.1) is 0 Å². The maximum absolute atomic E-state index is 13.2. The lowest BCUT2D eigenvalue weighted by atomic mass is 9.83. The van der Waals surface area contributed by atoms with Gasteiger partial charge < -0.3 is 14.7 Å². The maximum atomic E-state index is 13.2. The normalized spacial score (nSPS) is 20.1. The zero-order valence-corrected chi connectivity index (χ0v) is 15.4. The summed E-state index contributed by atoms with van der Waals surface area (Å²) in [4.78, 5) is 41.8. The number of hydrogen-bond donors (Lipinski definition) is 1. The van der Waals surface area contributed by atoms with Crippen molar-refractivity contribution in [2.75, 3.05) is 26.2 Å². The van der Waals surface area contributed by atoms with Crippen LogP contribution in [0.2, 0.25) is 6.82 Å². The first-order chi connectivity index (χ1) is 13.0. The Morgan fingerprint density at radius 3 is 3.19 bits per heavy atom. The van der Waals surface area contributed by atoms with Crippen LogP contribution in [0.1, 0.15) is 22.7 Å². The Morgan fingerprint density at radius 2 is 2.52 bits per heavy atom. The van der Waals surface area contributed by atoms with Gasteiger partial charge in [-0.25, -0.2) is 9.78 Å². The van der Waals surface area contributed by atoms with Gasteiger partial charge in [0.1, 0.15) is 6.04 Å². The first kappa shape index (κ1) is 19.2. The number of azide groups is 1. The summed E-state index contributed by atoms with van der Waals surface area (Å²) < 4.78 is 0. The summed E-state index contributed by atoms with van der Waals surface area (Å²) in [5.41, 5.74) is 10.5.